The average molecular weight is 380 g/mol. The molecule has 0 aromatic heterocycles. The number of carbonyl (C=O) groups is 1. The normalized spacial score (nSPS) is 29.9. The number of hydrogen-bond donors (Lipinski definition) is 0. The summed E-state index contributed by atoms with van der Waals surface area (Å²) in [6, 6.07) is 9.93. The Balaban J connectivity index is 2.04. The molecule has 1 fully saturated rings. The van der Waals surface area contributed by atoms with Crippen LogP contribution in [0, 0.1) is 0 Å². The first-order valence-corrected chi connectivity index (χ1v) is 8.47. The molecule has 0 spiro atoms. The summed E-state index contributed by atoms with van der Waals surface area (Å²) >= 11 is 3.44. The van der Waals surface area contributed by atoms with E-state index in [1.807, 2.05) is 30.3 Å². The maximum atomic E-state index is 14.6. The molecule has 18 heavy (non-hydrogen) atoms. The predicted molar refractivity (Wildman–Crippen MR) is 73.4 cm³/mol. The van der Waals surface area contributed by atoms with Gasteiger partial charge in [-0.25, -0.2) is 0 Å². The van der Waals surface area contributed by atoms with Crippen molar-refractivity contribution in [1.82, 2.24) is 0 Å². The van der Waals surface area contributed by atoms with E-state index in [-0.39, 0.29) is 25.9 Å². The number of esters is 1. The third-order valence-corrected chi connectivity index (χ3v) is 8.08. The SMILES string of the molecule is CC(=O)OC[C@]1(F)C[C@]1(CBr)[Se]c1ccccc1. The third-order valence-electron chi connectivity index (χ3n) is 3.03. The van der Waals surface area contributed by atoms with E-state index in [0.29, 0.717) is 11.8 Å². The molecule has 1 aliphatic rings. The Kier molecular flexibility index (Phi) is 4.15. The van der Waals surface area contributed by atoms with Gasteiger partial charge in [-0.05, 0) is 0 Å². The van der Waals surface area contributed by atoms with Crippen molar-refractivity contribution in [2.75, 3.05) is 11.9 Å². The zero-order valence-corrected chi connectivity index (χ0v) is 13.3. The first-order chi connectivity index (χ1) is 8.51. The second kappa shape index (κ2) is 5.32. The summed E-state index contributed by atoms with van der Waals surface area (Å²) in [5.74, 6) is -0.422. The van der Waals surface area contributed by atoms with Crippen molar-refractivity contribution in [3.05, 3.63) is 30.3 Å². The van der Waals surface area contributed by atoms with Crippen molar-refractivity contribution >= 4 is 41.3 Å². The quantitative estimate of drug-likeness (QED) is 0.445. The second-order valence-electron chi connectivity index (χ2n) is 4.47. The predicted octanol–water partition coefficient (Wildman–Crippen LogP) is 2.24. The van der Waals surface area contributed by atoms with Gasteiger partial charge in [-0.3, -0.25) is 0 Å². The molecule has 0 amide bonds. The Labute approximate surface area is 121 Å². The fourth-order valence-corrected chi connectivity index (χ4v) is 5.95. The molecule has 2 atom stereocenters. The van der Waals surface area contributed by atoms with Crippen LogP contribution in [0.4, 0.5) is 4.39 Å². The summed E-state index contributed by atoms with van der Waals surface area (Å²) in [5, 5.41) is 0.604. The van der Waals surface area contributed by atoms with E-state index < -0.39 is 11.6 Å². The number of carbonyl (C=O) groups excluding carboxylic acids is 1. The molecule has 0 unspecified atom stereocenters. The molecule has 0 saturated heterocycles. The standard InChI is InChI=1S/C13H14BrFO2Se/c1-10(16)17-9-12(15)7-13(12,8-14)18-11-5-3-2-4-6-11/h2-6H,7-9H2,1H3/t12-,13-/m1/s1. The third kappa shape index (κ3) is 2.79. The first-order valence-electron chi connectivity index (χ1n) is 5.64. The van der Waals surface area contributed by atoms with Crippen molar-refractivity contribution in [2.45, 2.75) is 23.3 Å². The van der Waals surface area contributed by atoms with Crippen molar-refractivity contribution in [1.29, 1.82) is 0 Å². The topological polar surface area (TPSA) is 26.3 Å². The van der Waals surface area contributed by atoms with Gasteiger partial charge in [-0.2, -0.15) is 0 Å². The van der Waals surface area contributed by atoms with E-state index in [1.54, 1.807) is 0 Å². The Bertz CT molecular complexity index is 442. The van der Waals surface area contributed by atoms with Crippen molar-refractivity contribution in [2.24, 2.45) is 0 Å². The fourth-order valence-electron chi connectivity index (χ4n) is 1.84. The van der Waals surface area contributed by atoms with Gasteiger partial charge in [0.1, 0.15) is 0 Å². The van der Waals surface area contributed by atoms with E-state index >= 15 is 0 Å². The van der Waals surface area contributed by atoms with Crippen LogP contribution in [0.15, 0.2) is 30.3 Å². The van der Waals surface area contributed by atoms with Gasteiger partial charge in [-0.1, -0.05) is 0 Å². The summed E-state index contributed by atoms with van der Waals surface area (Å²) in [4.78, 5) is 10.8. The molecule has 0 radical (unpaired) electrons. The molecule has 0 heterocycles. The maximum absolute atomic E-state index is 14.6. The minimum atomic E-state index is -1.36. The summed E-state index contributed by atoms with van der Waals surface area (Å²) in [6.07, 6.45) is 0.466. The van der Waals surface area contributed by atoms with Crippen LogP contribution >= 0.6 is 15.9 Å². The van der Waals surface area contributed by atoms with E-state index in [0.717, 1.165) is 0 Å². The fraction of sp³-hybridized carbons (Fsp3) is 0.462. The van der Waals surface area contributed by atoms with E-state index in [9.17, 15) is 9.18 Å². The zero-order chi connectivity index (χ0) is 13.2. The van der Waals surface area contributed by atoms with Crippen LogP contribution < -0.4 is 4.46 Å². The number of halogens is 2. The Morgan fingerprint density at radius 1 is 1.50 bits per heavy atom. The summed E-state index contributed by atoms with van der Waals surface area (Å²) in [7, 11) is 0. The van der Waals surface area contributed by atoms with Gasteiger partial charge in [0.15, 0.2) is 0 Å². The molecule has 5 heteroatoms. The van der Waals surface area contributed by atoms with Gasteiger partial charge in [0.25, 0.3) is 0 Å². The number of hydrogen-bond acceptors (Lipinski definition) is 2. The molecule has 1 aromatic rings. The first kappa shape index (κ1) is 14.0. The number of alkyl halides is 2. The van der Waals surface area contributed by atoms with Crippen LogP contribution in [-0.2, 0) is 9.53 Å². The van der Waals surface area contributed by atoms with Crippen LogP contribution in [0.5, 0.6) is 0 Å². The molecule has 2 nitrogen and oxygen atoms in total. The van der Waals surface area contributed by atoms with Crippen LogP contribution in [0.1, 0.15) is 13.3 Å². The molecule has 98 valence electrons. The van der Waals surface area contributed by atoms with E-state index in [4.69, 9.17) is 4.74 Å². The molecular weight excluding hydrogens is 366 g/mol. The Morgan fingerprint density at radius 2 is 2.17 bits per heavy atom. The zero-order valence-electron chi connectivity index (χ0n) is 9.99. The monoisotopic (exact) mass is 380 g/mol. The molecule has 1 aromatic carbocycles. The van der Waals surface area contributed by atoms with Crippen molar-refractivity contribution < 1.29 is 13.9 Å². The Morgan fingerprint density at radius 3 is 2.72 bits per heavy atom. The van der Waals surface area contributed by atoms with Crippen LogP contribution in [0.2, 0.25) is 4.31 Å². The number of rotatable bonds is 5. The van der Waals surface area contributed by atoms with Crippen LogP contribution in [-0.4, -0.2) is 38.5 Å². The van der Waals surface area contributed by atoms with Crippen molar-refractivity contribution in [3.63, 3.8) is 0 Å². The second-order valence-corrected chi connectivity index (χ2v) is 8.08. The average Bonchev–Trinajstić information content (AvgIpc) is 2.94. The molecule has 2 rings (SSSR count). The van der Waals surface area contributed by atoms with Gasteiger partial charge in [-0.15, -0.1) is 0 Å². The summed E-state index contributed by atoms with van der Waals surface area (Å²) < 4.78 is 20.2. The minimum absolute atomic E-state index is 0.0344. The summed E-state index contributed by atoms with van der Waals surface area (Å²) in [6.45, 7) is 1.19. The molecular formula is C13H14BrFO2Se. The number of benzene rings is 1. The molecule has 0 N–H and O–H groups in total. The van der Waals surface area contributed by atoms with E-state index in [2.05, 4.69) is 15.9 Å². The number of ether oxygens (including phenoxy) is 1. The van der Waals surface area contributed by atoms with Crippen molar-refractivity contribution in [3.8, 4) is 0 Å². The van der Waals surface area contributed by atoms with Crippen LogP contribution in [0.25, 0.3) is 0 Å². The summed E-state index contributed by atoms with van der Waals surface area (Å²) in [5.41, 5.74) is -1.36. The molecule has 1 aliphatic carbocycles. The molecule has 0 aliphatic heterocycles. The van der Waals surface area contributed by atoms with E-state index in [1.165, 1.54) is 11.4 Å². The van der Waals surface area contributed by atoms with Gasteiger partial charge in [0.05, 0.1) is 0 Å². The molecule has 1 saturated carbocycles. The van der Waals surface area contributed by atoms with Gasteiger partial charge in [0, 0.05) is 0 Å². The Hall–Kier alpha value is -0.381. The molecule has 0 bridgehead atoms. The van der Waals surface area contributed by atoms with Gasteiger partial charge >= 0.3 is 121 Å². The van der Waals surface area contributed by atoms with Gasteiger partial charge < -0.3 is 0 Å². The van der Waals surface area contributed by atoms with Crippen LogP contribution in [0.3, 0.4) is 0 Å². The van der Waals surface area contributed by atoms with Gasteiger partial charge in [0.2, 0.25) is 0 Å².